The van der Waals surface area contributed by atoms with Gasteiger partial charge < -0.3 is 9.05 Å². The molecule has 0 aliphatic carbocycles. The summed E-state index contributed by atoms with van der Waals surface area (Å²) >= 11 is 0. The molecular weight excluding hydrogens is 366 g/mol. The first kappa shape index (κ1) is 20.6. The molecule has 6 atom stereocenters. The number of fused-ring (bicyclic) bond motifs is 5. The average molecular weight is 400 g/mol. The topological polar surface area (TPSA) is 52.6 Å². The van der Waals surface area contributed by atoms with Gasteiger partial charge in [-0.05, 0) is 24.7 Å². The van der Waals surface area contributed by atoms with E-state index in [1.54, 1.807) is 0 Å². The Morgan fingerprint density at radius 2 is 1.46 bits per heavy atom. The third-order valence-electron chi connectivity index (χ3n) is 5.49. The molecule has 0 aromatic carbocycles. The van der Waals surface area contributed by atoms with Crippen molar-refractivity contribution in [3.05, 3.63) is 23.0 Å². The summed E-state index contributed by atoms with van der Waals surface area (Å²) in [7, 11) is -5.94. The van der Waals surface area contributed by atoms with Crippen molar-refractivity contribution in [3.8, 4) is 0 Å². The van der Waals surface area contributed by atoms with E-state index in [2.05, 4.69) is 47.6 Å². The average Bonchev–Trinajstić information content (AvgIpc) is 2.97. The van der Waals surface area contributed by atoms with Gasteiger partial charge in [-0.3, -0.25) is 9.13 Å². The molecule has 2 bridgehead atoms. The van der Waals surface area contributed by atoms with Crippen molar-refractivity contribution in [2.24, 2.45) is 16.7 Å². The fourth-order valence-corrected chi connectivity index (χ4v) is 12.7. The molecule has 0 N–H and O–H groups in total. The predicted molar refractivity (Wildman–Crippen MR) is 108 cm³/mol. The van der Waals surface area contributed by atoms with Crippen molar-refractivity contribution in [1.29, 1.82) is 0 Å². The second-order valence-electron chi connectivity index (χ2n) is 10.7. The Kier molecular flexibility index (Phi) is 4.89. The molecule has 4 nitrogen and oxygen atoms in total. The van der Waals surface area contributed by atoms with E-state index in [0.717, 1.165) is 11.1 Å². The van der Waals surface area contributed by atoms with Crippen LogP contribution in [0.2, 0.25) is 0 Å². The van der Waals surface area contributed by atoms with E-state index in [-0.39, 0.29) is 33.7 Å². The molecule has 0 aromatic heterocycles. The molecule has 1 saturated heterocycles. The molecule has 1 fully saturated rings. The first-order valence-electron chi connectivity index (χ1n) is 9.54. The molecule has 0 amide bonds. The number of hydrogen-bond donors (Lipinski definition) is 0. The van der Waals surface area contributed by atoms with Crippen LogP contribution in [0, 0.1) is 16.7 Å². The quantitative estimate of drug-likeness (QED) is 0.412. The number of rotatable bonds is 4. The molecule has 148 valence electrons. The molecule has 3 aliphatic rings. The fraction of sp³-hybridized carbons (Fsp3) is 0.800. The highest BCUT2D eigenvalue weighted by Gasteiger charge is 2.69. The summed E-state index contributed by atoms with van der Waals surface area (Å²) < 4.78 is 39.9. The number of allylic oxidation sites excluding steroid dienone is 3. The van der Waals surface area contributed by atoms with E-state index in [1.807, 2.05) is 19.7 Å². The second kappa shape index (κ2) is 6.18. The standard InChI is InChI=1S/C20H34O4P2/c1-13-9-15-18-16(17(13)26(15,22)24-12-20(6,7)8)14(2)10-25(18,21)23-11-19(3,4)5/h9-10,15-18H,11-12H2,1-8H3/t15-,16+,17+,18+,25?,26?/m0/s1. The maximum atomic E-state index is 14.0. The van der Waals surface area contributed by atoms with E-state index in [4.69, 9.17) is 9.05 Å². The summed E-state index contributed by atoms with van der Waals surface area (Å²) in [5.74, 6) is 1.88. The third kappa shape index (κ3) is 3.37. The zero-order chi connectivity index (χ0) is 19.7. The molecule has 0 radical (unpaired) electrons. The molecule has 3 heterocycles. The number of hydrogen-bond acceptors (Lipinski definition) is 4. The van der Waals surface area contributed by atoms with Crippen LogP contribution in [0.5, 0.6) is 0 Å². The lowest BCUT2D eigenvalue weighted by Gasteiger charge is -2.29. The molecular formula is C20H34O4P2. The van der Waals surface area contributed by atoms with Gasteiger partial charge in [-0.15, -0.1) is 0 Å². The van der Waals surface area contributed by atoms with Gasteiger partial charge >= 0.3 is 0 Å². The van der Waals surface area contributed by atoms with Gasteiger partial charge in [0.15, 0.2) is 0 Å². The zero-order valence-electron chi connectivity index (χ0n) is 17.4. The Balaban J connectivity index is 1.93. The van der Waals surface area contributed by atoms with Gasteiger partial charge in [0.25, 0.3) is 0 Å². The molecule has 26 heavy (non-hydrogen) atoms. The van der Waals surface area contributed by atoms with Crippen LogP contribution in [0.3, 0.4) is 0 Å². The highest BCUT2D eigenvalue weighted by atomic mass is 31.2. The normalized spacial score (nSPS) is 42.0. The van der Waals surface area contributed by atoms with Gasteiger partial charge in [0.2, 0.25) is 14.7 Å². The molecule has 3 rings (SSSR count). The van der Waals surface area contributed by atoms with Gasteiger partial charge in [-0.25, -0.2) is 0 Å². The van der Waals surface area contributed by atoms with E-state index >= 15 is 0 Å². The summed E-state index contributed by atoms with van der Waals surface area (Å²) in [5.41, 5.74) is 1.44. The molecule has 2 unspecified atom stereocenters. The van der Waals surface area contributed by atoms with E-state index in [1.165, 1.54) is 0 Å². The van der Waals surface area contributed by atoms with Crippen molar-refractivity contribution >= 4 is 14.7 Å². The van der Waals surface area contributed by atoms with Crippen molar-refractivity contribution in [3.63, 3.8) is 0 Å². The minimum absolute atomic E-state index is 0.0293. The lowest BCUT2D eigenvalue weighted by atomic mass is 9.85. The van der Waals surface area contributed by atoms with Crippen LogP contribution >= 0.6 is 14.7 Å². The first-order valence-corrected chi connectivity index (χ1v) is 13.1. The van der Waals surface area contributed by atoms with Crippen molar-refractivity contribution in [1.82, 2.24) is 0 Å². The maximum absolute atomic E-state index is 14.0. The van der Waals surface area contributed by atoms with E-state index in [9.17, 15) is 9.13 Å². The van der Waals surface area contributed by atoms with Crippen LogP contribution < -0.4 is 0 Å². The zero-order valence-corrected chi connectivity index (χ0v) is 19.2. The first-order chi connectivity index (χ1) is 11.7. The van der Waals surface area contributed by atoms with Crippen LogP contribution in [0.15, 0.2) is 23.0 Å². The second-order valence-corrected chi connectivity index (χ2v) is 15.8. The van der Waals surface area contributed by atoms with Gasteiger partial charge in [0.1, 0.15) is 0 Å². The lowest BCUT2D eigenvalue weighted by Crippen LogP contribution is -2.29. The predicted octanol–water partition coefficient (Wildman–Crippen LogP) is 6.28. The molecule has 0 spiro atoms. The molecule has 6 heteroatoms. The van der Waals surface area contributed by atoms with Crippen LogP contribution in [-0.2, 0) is 18.2 Å². The van der Waals surface area contributed by atoms with E-state index in [0.29, 0.717) is 13.2 Å². The summed E-state index contributed by atoms with van der Waals surface area (Å²) in [6, 6.07) is 0. The summed E-state index contributed by atoms with van der Waals surface area (Å²) in [6.45, 7) is 17.4. The molecule has 0 aromatic rings. The summed E-state index contributed by atoms with van der Waals surface area (Å²) in [4.78, 5) is 0. The third-order valence-corrected chi connectivity index (χ3v) is 11.8. The lowest BCUT2D eigenvalue weighted by molar-refractivity contribution is 0.197. The Hall–Kier alpha value is -0.140. The Bertz CT molecular complexity index is 751. The Labute approximate surface area is 158 Å². The van der Waals surface area contributed by atoms with Gasteiger partial charge in [0, 0.05) is 11.7 Å². The molecule has 3 aliphatic heterocycles. The van der Waals surface area contributed by atoms with Crippen LogP contribution in [0.25, 0.3) is 0 Å². The minimum atomic E-state index is -3.00. The highest BCUT2D eigenvalue weighted by molar-refractivity contribution is 7.68. The maximum Gasteiger partial charge on any atom is 0.229 e. The van der Waals surface area contributed by atoms with Crippen LogP contribution in [0.4, 0.5) is 0 Å². The van der Waals surface area contributed by atoms with Gasteiger partial charge in [-0.1, -0.05) is 58.8 Å². The summed E-state index contributed by atoms with van der Waals surface area (Å²) in [5, 5.41) is 0. The van der Waals surface area contributed by atoms with Crippen molar-refractivity contribution < 1.29 is 18.2 Å². The van der Waals surface area contributed by atoms with E-state index < -0.39 is 14.7 Å². The largest absolute Gasteiger partial charge is 0.327 e. The SMILES string of the molecule is CC1=CP(=O)(OCC(C)(C)C)[C@H]2[C@H]1[C@H]1C(C)=C[C@@H]2P1(=O)OCC(C)(C)C. The van der Waals surface area contributed by atoms with Crippen molar-refractivity contribution in [2.75, 3.05) is 13.2 Å². The van der Waals surface area contributed by atoms with Gasteiger partial charge in [0.05, 0.1) is 30.2 Å². The highest BCUT2D eigenvalue weighted by Crippen LogP contribution is 2.82. The Morgan fingerprint density at radius 1 is 0.923 bits per heavy atom. The summed E-state index contributed by atoms with van der Waals surface area (Å²) in [6.07, 6.45) is 2.06. The van der Waals surface area contributed by atoms with Gasteiger partial charge in [-0.2, -0.15) is 0 Å². The Morgan fingerprint density at radius 3 is 2.00 bits per heavy atom. The monoisotopic (exact) mass is 400 g/mol. The fourth-order valence-electron chi connectivity index (χ4n) is 4.45. The smallest absolute Gasteiger partial charge is 0.229 e. The minimum Gasteiger partial charge on any atom is -0.327 e. The molecule has 0 saturated carbocycles. The van der Waals surface area contributed by atoms with Crippen molar-refractivity contribution in [2.45, 2.75) is 72.4 Å². The van der Waals surface area contributed by atoms with Crippen LogP contribution in [-0.4, -0.2) is 30.2 Å². The van der Waals surface area contributed by atoms with Crippen LogP contribution in [0.1, 0.15) is 55.4 Å².